The van der Waals surface area contributed by atoms with Gasteiger partial charge in [0.2, 0.25) is 0 Å². The summed E-state index contributed by atoms with van der Waals surface area (Å²) in [7, 11) is 0. The highest BCUT2D eigenvalue weighted by molar-refractivity contribution is 5.91. The third-order valence-corrected chi connectivity index (χ3v) is 5.87. The number of hydrogen-bond acceptors (Lipinski definition) is 5. The highest BCUT2D eigenvalue weighted by Gasteiger charge is 2.45. The Hall–Kier alpha value is -1.36. The smallest absolute Gasteiger partial charge is 0.334 e. The summed E-state index contributed by atoms with van der Waals surface area (Å²) in [6.07, 6.45) is 13.3. The van der Waals surface area contributed by atoms with Crippen LogP contribution in [0.1, 0.15) is 70.6 Å². The highest BCUT2D eigenvalue weighted by atomic mass is 16.6. The maximum atomic E-state index is 12.2. The molecule has 25 heavy (non-hydrogen) atoms. The predicted molar refractivity (Wildman–Crippen MR) is 92.7 cm³/mol. The molecule has 1 unspecified atom stereocenters. The minimum atomic E-state index is -1.10. The van der Waals surface area contributed by atoms with E-state index >= 15 is 0 Å². The summed E-state index contributed by atoms with van der Waals surface area (Å²) in [5.41, 5.74) is -0.461. The number of hydrogen-bond donors (Lipinski definition) is 1. The molecule has 5 heteroatoms. The van der Waals surface area contributed by atoms with Gasteiger partial charge in [-0.2, -0.15) is 0 Å². The molecule has 3 fully saturated rings. The first-order valence-electron chi connectivity index (χ1n) is 9.83. The number of aliphatic hydroxyl groups excluding tert-OH is 1. The van der Waals surface area contributed by atoms with Crippen LogP contribution in [0.3, 0.4) is 0 Å². The maximum absolute atomic E-state index is 12.2. The van der Waals surface area contributed by atoms with Gasteiger partial charge >= 0.3 is 11.9 Å². The second-order valence-electron chi connectivity index (χ2n) is 7.94. The molecule has 0 amide bonds. The Bertz CT molecular complexity index is 514. The van der Waals surface area contributed by atoms with Crippen LogP contribution in [0.4, 0.5) is 0 Å². The average Bonchev–Trinajstić information content (AvgIpc) is 2.97. The van der Waals surface area contributed by atoms with Crippen LogP contribution in [0.5, 0.6) is 0 Å². The van der Waals surface area contributed by atoms with E-state index in [-0.39, 0.29) is 31.1 Å². The van der Waals surface area contributed by atoms with Crippen molar-refractivity contribution in [3.05, 3.63) is 11.6 Å². The molecule has 1 saturated heterocycles. The lowest BCUT2D eigenvalue weighted by Gasteiger charge is -2.26. The number of allylic oxidation sites excluding steroid dienone is 1. The number of aliphatic hydroxyl groups is 1. The normalized spacial score (nSPS) is 30.4. The number of ether oxygens (including phenoxy) is 2. The molecule has 1 atom stereocenters. The van der Waals surface area contributed by atoms with Crippen LogP contribution < -0.4 is 0 Å². The molecule has 3 aliphatic rings. The Labute approximate surface area is 149 Å². The number of carbonyl (C=O) groups is 2. The van der Waals surface area contributed by atoms with Crippen LogP contribution in [0, 0.1) is 11.8 Å². The van der Waals surface area contributed by atoms with Crippen molar-refractivity contribution in [2.45, 2.75) is 76.2 Å². The van der Waals surface area contributed by atoms with Crippen LogP contribution in [0.15, 0.2) is 11.6 Å². The van der Waals surface area contributed by atoms with Crippen LogP contribution in [0.2, 0.25) is 0 Å². The monoisotopic (exact) mass is 350 g/mol. The van der Waals surface area contributed by atoms with Gasteiger partial charge < -0.3 is 14.6 Å². The number of cyclic esters (lactones) is 1. The average molecular weight is 350 g/mol. The van der Waals surface area contributed by atoms with Crippen LogP contribution in [-0.4, -0.2) is 35.9 Å². The lowest BCUT2D eigenvalue weighted by atomic mass is 9.86. The molecule has 0 aromatic carbocycles. The van der Waals surface area contributed by atoms with E-state index in [1.807, 2.05) is 6.08 Å². The molecule has 5 nitrogen and oxygen atoms in total. The van der Waals surface area contributed by atoms with Gasteiger partial charge in [-0.25, -0.2) is 4.79 Å². The van der Waals surface area contributed by atoms with E-state index in [2.05, 4.69) is 0 Å². The van der Waals surface area contributed by atoms with E-state index in [4.69, 9.17) is 9.47 Å². The Morgan fingerprint density at radius 3 is 2.40 bits per heavy atom. The van der Waals surface area contributed by atoms with Crippen molar-refractivity contribution < 1.29 is 24.2 Å². The van der Waals surface area contributed by atoms with Gasteiger partial charge in [0.15, 0.2) is 5.60 Å². The Balaban J connectivity index is 1.57. The van der Waals surface area contributed by atoms with Crippen molar-refractivity contribution in [2.75, 3.05) is 13.2 Å². The van der Waals surface area contributed by atoms with Gasteiger partial charge in [0.05, 0.1) is 12.5 Å². The molecule has 0 radical (unpaired) electrons. The predicted octanol–water partition coefficient (Wildman–Crippen LogP) is 3.29. The van der Waals surface area contributed by atoms with Gasteiger partial charge in [0.25, 0.3) is 0 Å². The van der Waals surface area contributed by atoms with Crippen molar-refractivity contribution >= 4 is 11.9 Å². The molecule has 2 aliphatic carbocycles. The molecule has 1 aliphatic heterocycles. The number of carbonyl (C=O) groups excluding carboxylic acids is 2. The lowest BCUT2D eigenvalue weighted by Crippen LogP contribution is -2.40. The van der Waals surface area contributed by atoms with Gasteiger partial charge in [-0.15, -0.1) is 0 Å². The topological polar surface area (TPSA) is 72.8 Å². The van der Waals surface area contributed by atoms with Gasteiger partial charge in [-0.3, -0.25) is 4.79 Å². The molecular formula is C20H30O5. The standard InChI is InChI=1S/C20H30O5/c21-13-20(14-24-18(22)16-9-5-2-6-10-16)12-17(19(23)25-20)11-15-7-3-1-4-8-15/h11,15-16,21H,1-10,12-14H2/b17-11+. The second-order valence-corrected chi connectivity index (χ2v) is 7.94. The van der Waals surface area contributed by atoms with Crippen LogP contribution in [0.25, 0.3) is 0 Å². The third-order valence-electron chi connectivity index (χ3n) is 5.87. The van der Waals surface area contributed by atoms with Crippen molar-refractivity contribution in [2.24, 2.45) is 11.8 Å². The first-order chi connectivity index (χ1) is 12.1. The van der Waals surface area contributed by atoms with E-state index in [1.165, 1.54) is 25.7 Å². The largest absolute Gasteiger partial charge is 0.461 e. The van der Waals surface area contributed by atoms with E-state index in [0.717, 1.165) is 38.5 Å². The summed E-state index contributed by atoms with van der Waals surface area (Å²) in [6, 6.07) is 0. The zero-order valence-electron chi connectivity index (χ0n) is 15.0. The maximum Gasteiger partial charge on any atom is 0.334 e. The number of rotatable bonds is 5. The first-order valence-corrected chi connectivity index (χ1v) is 9.83. The number of esters is 2. The van der Waals surface area contributed by atoms with Crippen LogP contribution in [-0.2, 0) is 19.1 Å². The highest BCUT2D eigenvalue weighted by Crippen LogP contribution is 2.35. The quantitative estimate of drug-likeness (QED) is 0.608. The summed E-state index contributed by atoms with van der Waals surface area (Å²) in [5.74, 6) is -0.198. The lowest BCUT2D eigenvalue weighted by molar-refractivity contribution is -0.169. The SMILES string of the molecule is O=C1OC(CO)(COC(=O)C2CCCCC2)C/C1=C\C1CCCCC1. The second kappa shape index (κ2) is 8.35. The molecule has 140 valence electrons. The summed E-state index contributed by atoms with van der Waals surface area (Å²) in [6.45, 7) is -0.370. The molecule has 2 saturated carbocycles. The Morgan fingerprint density at radius 1 is 1.12 bits per heavy atom. The molecule has 0 spiro atoms. The fourth-order valence-corrected chi connectivity index (χ4v) is 4.30. The van der Waals surface area contributed by atoms with E-state index in [9.17, 15) is 14.7 Å². The van der Waals surface area contributed by atoms with E-state index in [0.29, 0.717) is 17.9 Å². The minimum Gasteiger partial charge on any atom is -0.461 e. The molecule has 3 rings (SSSR count). The molecule has 0 bridgehead atoms. The minimum absolute atomic E-state index is 0.0427. The summed E-state index contributed by atoms with van der Waals surface area (Å²) >= 11 is 0. The molecular weight excluding hydrogens is 320 g/mol. The van der Waals surface area contributed by atoms with Crippen molar-refractivity contribution in [3.8, 4) is 0 Å². The Morgan fingerprint density at radius 2 is 1.76 bits per heavy atom. The van der Waals surface area contributed by atoms with Crippen molar-refractivity contribution in [3.63, 3.8) is 0 Å². The fraction of sp³-hybridized carbons (Fsp3) is 0.800. The van der Waals surface area contributed by atoms with Crippen LogP contribution >= 0.6 is 0 Å². The van der Waals surface area contributed by atoms with Gasteiger partial charge in [0.1, 0.15) is 6.61 Å². The van der Waals surface area contributed by atoms with Gasteiger partial charge in [0, 0.05) is 12.0 Å². The Kier molecular flexibility index (Phi) is 6.15. The summed E-state index contributed by atoms with van der Waals surface area (Å²) in [5, 5.41) is 9.79. The third kappa shape index (κ3) is 4.63. The molecule has 1 N–H and O–H groups in total. The first kappa shape index (κ1) is 18.4. The van der Waals surface area contributed by atoms with E-state index < -0.39 is 5.60 Å². The van der Waals surface area contributed by atoms with E-state index in [1.54, 1.807) is 0 Å². The van der Waals surface area contributed by atoms with Gasteiger partial charge in [-0.05, 0) is 31.6 Å². The zero-order valence-corrected chi connectivity index (χ0v) is 15.0. The summed E-state index contributed by atoms with van der Waals surface area (Å²) < 4.78 is 10.9. The molecule has 1 heterocycles. The van der Waals surface area contributed by atoms with Crippen molar-refractivity contribution in [1.82, 2.24) is 0 Å². The van der Waals surface area contributed by atoms with Crippen molar-refractivity contribution in [1.29, 1.82) is 0 Å². The van der Waals surface area contributed by atoms with Gasteiger partial charge in [-0.1, -0.05) is 44.6 Å². The zero-order chi connectivity index (χ0) is 17.7. The molecule has 0 aromatic rings. The molecule has 0 aromatic heterocycles. The fourth-order valence-electron chi connectivity index (χ4n) is 4.30. The summed E-state index contributed by atoms with van der Waals surface area (Å²) in [4.78, 5) is 24.5.